The van der Waals surface area contributed by atoms with Gasteiger partial charge in [-0.05, 0) is 25.1 Å². The van der Waals surface area contributed by atoms with Gasteiger partial charge in [0.2, 0.25) is 0 Å². The molecule has 0 aromatic heterocycles. The molecule has 0 N–H and O–H groups in total. The van der Waals surface area contributed by atoms with E-state index >= 15 is 0 Å². The SMILES string of the molecule is Cc1cccc(C(=O)C2=CC=CO[CH]2)c1. The summed E-state index contributed by atoms with van der Waals surface area (Å²) in [5.74, 6) is -0.0111. The molecule has 1 aliphatic heterocycles. The van der Waals surface area contributed by atoms with Crippen molar-refractivity contribution in [2.24, 2.45) is 0 Å². The van der Waals surface area contributed by atoms with Crippen LogP contribution in [0.5, 0.6) is 0 Å². The first-order chi connectivity index (χ1) is 7.27. The van der Waals surface area contributed by atoms with E-state index in [4.69, 9.17) is 4.74 Å². The van der Waals surface area contributed by atoms with Crippen molar-refractivity contribution < 1.29 is 9.53 Å². The van der Waals surface area contributed by atoms with Crippen molar-refractivity contribution >= 4 is 5.78 Å². The first-order valence-corrected chi connectivity index (χ1v) is 4.74. The van der Waals surface area contributed by atoms with E-state index in [-0.39, 0.29) is 5.78 Å². The van der Waals surface area contributed by atoms with E-state index in [1.807, 2.05) is 31.2 Å². The molecule has 0 atom stereocenters. The third-order valence-corrected chi connectivity index (χ3v) is 2.17. The van der Waals surface area contributed by atoms with Crippen LogP contribution in [0, 0.1) is 13.5 Å². The molecule has 1 aliphatic rings. The number of ketones is 1. The Balaban J connectivity index is 2.28. The van der Waals surface area contributed by atoms with E-state index in [9.17, 15) is 4.79 Å². The highest BCUT2D eigenvalue weighted by Crippen LogP contribution is 2.15. The van der Waals surface area contributed by atoms with Crippen molar-refractivity contribution in [3.8, 4) is 0 Å². The maximum atomic E-state index is 11.9. The molecule has 0 amide bonds. The zero-order valence-corrected chi connectivity index (χ0v) is 8.44. The van der Waals surface area contributed by atoms with E-state index in [2.05, 4.69) is 0 Å². The molecule has 0 unspecified atom stereocenters. The Labute approximate surface area is 88.9 Å². The Morgan fingerprint density at radius 1 is 1.33 bits per heavy atom. The topological polar surface area (TPSA) is 26.3 Å². The summed E-state index contributed by atoms with van der Waals surface area (Å²) in [5.41, 5.74) is 2.34. The van der Waals surface area contributed by atoms with Gasteiger partial charge in [-0.15, -0.1) is 0 Å². The molecular weight excluding hydrogens is 188 g/mol. The van der Waals surface area contributed by atoms with E-state index in [0.717, 1.165) is 5.56 Å². The molecule has 1 heterocycles. The predicted octanol–water partition coefficient (Wildman–Crippen LogP) is 2.81. The Kier molecular flexibility index (Phi) is 2.68. The smallest absolute Gasteiger partial charge is 0.192 e. The molecule has 75 valence electrons. The van der Waals surface area contributed by atoms with Gasteiger partial charge in [-0.2, -0.15) is 0 Å². The van der Waals surface area contributed by atoms with Gasteiger partial charge in [-0.3, -0.25) is 4.79 Å². The summed E-state index contributed by atoms with van der Waals surface area (Å²) in [7, 11) is 0. The van der Waals surface area contributed by atoms with Crippen LogP contribution >= 0.6 is 0 Å². The van der Waals surface area contributed by atoms with Crippen LogP contribution in [0.3, 0.4) is 0 Å². The molecule has 0 aliphatic carbocycles. The minimum Gasteiger partial charge on any atom is -0.489 e. The van der Waals surface area contributed by atoms with Crippen LogP contribution < -0.4 is 0 Å². The molecule has 0 saturated carbocycles. The molecule has 1 aromatic carbocycles. The minimum atomic E-state index is -0.0111. The van der Waals surface area contributed by atoms with Gasteiger partial charge in [-0.25, -0.2) is 0 Å². The van der Waals surface area contributed by atoms with Crippen molar-refractivity contribution in [1.82, 2.24) is 0 Å². The summed E-state index contributed by atoms with van der Waals surface area (Å²) in [6.45, 7) is 3.43. The number of benzene rings is 1. The lowest BCUT2D eigenvalue weighted by Gasteiger charge is -2.08. The molecule has 0 fully saturated rings. The second-order valence-electron chi connectivity index (χ2n) is 3.40. The van der Waals surface area contributed by atoms with Gasteiger partial charge in [0.15, 0.2) is 12.4 Å². The number of hydrogen-bond donors (Lipinski definition) is 0. The first-order valence-electron chi connectivity index (χ1n) is 4.74. The third-order valence-electron chi connectivity index (χ3n) is 2.17. The maximum Gasteiger partial charge on any atom is 0.192 e. The number of Topliss-reactive ketones (excluding diaryl/α,β-unsaturated/α-hetero) is 1. The Hall–Kier alpha value is -1.83. The van der Waals surface area contributed by atoms with Gasteiger partial charge in [0, 0.05) is 11.1 Å². The zero-order valence-electron chi connectivity index (χ0n) is 8.44. The quantitative estimate of drug-likeness (QED) is 0.684. The molecular formula is C13H11O2. The van der Waals surface area contributed by atoms with Crippen molar-refractivity contribution in [1.29, 1.82) is 0 Å². The van der Waals surface area contributed by atoms with Crippen LogP contribution in [-0.2, 0) is 4.74 Å². The van der Waals surface area contributed by atoms with Crippen molar-refractivity contribution in [2.45, 2.75) is 6.92 Å². The van der Waals surface area contributed by atoms with Crippen molar-refractivity contribution in [3.05, 3.63) is 66.0 Å². The second-order valence-corrected chi connectivity index (χ2v) is 3.40. The average molecular weight is 199 g/mol. The molecule has 15 heavy (non-hydrogen) atoms. The fraction of sp³-hybridized carbons (Fsp3) is 0.0769. The number of carbonyl (C=O) groups excluding carboxylic acids is 1. The highest BCUT2D eigenvalue weighted by molar-refractivity contribution is 6.10. The maximum absolute atomic E-state index is 11.9. The number of allylic oxidation sites excluding steroid dienone is 2. The normalized spacial score (nSPS) is 14.3. The molecule has 2 heteroatoms. The number of hydrogen-bond acceptors (Lipinski definition) is 2. The largest absolute Gasteiger partial charge is 0.489 e. The van der Waals surface area contributed by atoms with Gasteiger partial charge < -0.3 is 4.74 Å². The number of ether oxygens (including phenoxy) is 1. The Morgan fingerprint density at radius 2 is 2.20 bits per heavy atom. The highest BCUT2D eigenvalue weighted by atomic mass is 16.5. The summed E-state index contributed by atoms with van der Waals surface area (Å²) in [4.78, 5) is 11.9. The minimum absolute atomic E-state index is 0.0111. The summed E-state index contributed by atoms with van der Waals surface area (Å²) >= 11 is 0. The molecule has 1 radical (unpaired) electrons. The van der Waals surface area contributed by atoms with Crippen LogP contribution in [-0.4, -0.2) is 5.78 Å². The second kappa shape index (κ2) is 4.13. The monoisotopic (exact) mass is 199 g/mol. The van der Waals surface area contributed by atoms with Gasteiger partial charge in [0.1, 0.15) is 0 Å². The van der Waals surface area contributed by atoms with Gasteiger partial charge in [0.25, 0.3) is 0 Å². The Bertz CT molecular complexity index is 442. The zero-order chi connectivity index (χ0) is 10.7. The van der Waals surface area contributed by atoms with Crippen LogP contribution in [0.2, 0.25) is 0 Å². The number of aryl methyl sites for hydroxylation is 1. The third kappa shape index (κ3) is 2.15. The molecule has 2 nitrogen and oxygen atoms in total. The van der Waals surface area contributed by atoms with Crippen LogP contribution in [0.1, 0.15) is 15.9 Å². The van der Waals surface area contributed by atoms with Crippen molar-refractivity contribution in [3.63, 3.8) is 0 Å². The number of rotatable bonds is 2. The lowest BCUT2D eigenvalue weighted by Crippen LogP contribution is -2.06. The van der Waals surface area contributed by atoms with E-state index in [1.165, 1.54) is 12.9 Å². The van der Waals surface area contributed by atoms with Crippen LogP contribution in [0.4, 0.5) is 0 Å². The van der Waals surface area contributed by atoms with Crippen LogP contribution in [0.15, 0.2) is 48.3 Å². The summed E-state index contributed by atoms with van der Waals surface area (Å²) < 4.78 is 4.96. The lowest BCUT2D eigenvalue weighted by molar-refractivity contribution is 0.102. The first kappa shape index (κ1) is 9.71. The molecule has 2 rings (SSSR count). The highest BCUT2D eigenvalue weighted by Gasteiger charge is 2.13. The molecule has 1 aromatic rings. The molecule has 0 saturated heterocycles. The van der Waals surface area contributed by atoms with Gasteiger partial charge in [0.05, 0.1) is 6.26 Å². The van der Waals surface area contributed by atoms with Gasteiger partial charge in [-0.1, -0.05) is 23.8 Å². The fourth-order valence-electron chi connectivity index (χ4n) is 1.42. The molecule has 0 spiro atoms. The fourth-order valence-corrected chi connectivity index (χ4v) is 1.42. The standard InChI is InChI=1S/C13H11O2/c1-10-4-2-5-11(8-10)13(14)12-6-3-7-15-9-12/h2-9H,1H3. The Morgan fingerprint density at radius 3 is 2.87 bits per heavy atom. The summed E-state index contributed by atoms with van der Waals surface area (Å²) in [5, 5.41) is 0. The van der Waals surface area contributed by atoms with E-state index in [1.54, 1.807) is 12.2 Å². The van der Waals surface area contributed by atoms with E-state index < -0.39 is 0 Å². The number of carbonyl (C=O) groups is 1. The summed E-state index contributed by atoms with van der Waals surface area (Å²) in [6, 6.07) is 7.52. The van der Waals surface area contributed by atoms with Crippen LogP contribution in [0.25, 0.3) is 0 Å². The van der Waals surface area contributed by atoms with E-state index in [0.29, 0.717) is 11.1 Å². The average Bonchev–Trinajstić information content (AvgIpc) is 2.29. The molecule has 0 bridgehead atoms. The van der Waals surface area contributed by atoms with Gasteiger partial charge >= 0.3 is 0 Å². The van der Waals surface area contributed by atoms with Crippen molar-refractivity contribution in [2.75, 3.05) is 0 Å². The summed E-state index contributed by atoms with van der Waals surface area (Å²) in [6.07, 6.45) is 4.99. The lowest BCUT2D eigenvalue weighted by atomic mass is 10.0. The predicted molar refractivity (Wildman–Crippen MR) is 58.1 cm³/mol.